The van der Waals surface area contributed by atoms with Crippen LogP contribution >= 0.6 is 22.6 Å². The number of ether oxygens (including phenoxy) is 3. The van der Waals surface area contributed by atoms with Gasteiger partial charge in [-0.3, -0.25) is 19.7 Å². The summed E-state index contributed by atoms with van der Waals surface area (Å²) in [7, 11) is 3.24. The van der Waals surface area contributed by atoms with Gasteiger partial charge in [-0.2, -0.15) is 0 Å². The van der Waals surface area contributed by atoms with Crippen LogP contribution in [0.2, 0.25) is 0 Å². The molecule has 0 spiro atoms. The molecule has 2 aliphatic carbocycles. The summed E-state index contributed by atoms with van der Waals surface area (Å²) in [6.07, 6.45) is 2.27. The van der Waals surface area contributed by atoms with Crippen molar-refractivity contribution in [2.75, 3.05) is 27.4 Å². The predicted octanol–water partition coefficient (Wildman–Crippen LogP) is 7.12. The fraction of sp³-hybridized carbons (Fsp3) is 0.471. The van der Waals surface area contributed by atoms with E-state index >= 15 is 0 Å². The molecule has 9 nitrogen and oxygen atoms in total. The Balaban J connectivity index is 1.61. The third kappa shape index (κ3) is 6.28. The highest BCUT2D eigenvalue weighted by atomic mass is 127. The number of nitro groups is 1. The average molecular weight is 715 g/mol. The molecule has 0 aromatic heterocycles. The van der Waals surface area contributed by atoms with E-state index in [0.717, 1.165) is 38.9 Å². The molecule has 5 rings (SSSR count). The first kappa shape index (κ1) is 32.2. The molecule has 0 radical (unpaired) electrons. The van der Waals surface area contributed by atoms with Crippen molar-refractivity contribution in [2.45, 2.75) is 65.9 Å². The smallest absolute Gasteiger partial charge is 0.269 e. The number of ketones is 2. The fourth-order valence-electron chi connectivity index (χ4n) is 6.75. The summed E-state index contributed by atoms with van der Waals surface area (Å²) in [6, 6.07) is 10.1. The van der Waals surface area contributed by atoms with Crippen LogP contribution in [0.1, 0.15) is 70.4 Å². The lowest BCUT2D eigenvalue weighted by Crippen LogP contribution is -2.45. The van der Waals surface area contributed by atoms with Crippen molar-refractivity contribution in [3.8, 4) is 11.5 Å². The lowest BCUT2D eigenvalue weighted by atomic mass is 9.63. The van der Waals surface area contributed by atoms with Crippen LogP contribution in [0.15, 0.2) is 58.9 Å². The first-order valence-corrected chi connectivity index (χ1v) is 15.9. The Bertz CT molecular complexity index is 1520. The third-order valence-corrected chi connectivity index (χ3v) is 9.46. The van der Waals surface area contributed by atoms with Gasteiger partial charge in [-0.25, -0.2) is 0 Å². The lowest BCUT2D eigenvalue weighted by molar-refractivity contribution is -0.384. The van der Waals surface area contributed by atoms with Crippen LogP contribution in [0.25, 0.3) is 0 Å². The first-order valence-electron chi connectivity index (χ1n) is 14.8. The molecule has 0 saturated carbocycles. The highest BCUT2D eigenvalue weighted by molar-refractivity contribution is 14.1. The molecule has 3 aliphatic rings. The molecule has 0 saturated heterocycles. The quantitative estimate of drug-likeness (QED) is 0.154. The molecule has 234 valence electrons. The van der Waals surface area contributed by atoms with E-state index in [9.17, 15) is 19.7 Å². The van der Waals surface area contributed by atoms with E-state index in [2.05, 4.69) is 55.2 Å². The van der Waals surface area contributed by atoms with Gasteiger partial charge in [0.05, 0.1) is 22.2 Å². The van der Waals surface area contributed by atoms with Gasteiger partial charge in [0.2, 0.25) is 0 Å². The number of allylic oxidation sites excluding steroid dienone is 4. The number of Topliss-reactive ketones (excluding diaryl/α,β-unsaturated/α-hetero) is 2. The minimum absolute atomic E-state index is 0.0159. The highest BCUT2D eigenvalue weighted by Crippen LogP contribution is 2.55. The van der Waals surface area contributed by atoms with Crippen molar-refractivity contribution in [1.82, 2.24) is 4.90 Å². The lowest BCUT2D eigenvalue weighted by Gasteiger charge is -2.49. The van der Waals surface area contributed by atoms with E-state index in [4.69, 9.17) is 14.2 Å². The second-order valence-corrected chi connectivity index (χ2v) is 14.6. The Hall–Kier alpha value is -3.25. The third-order valence-electron chi connectivity index (χ3n) is 8.66. The van der Waals surface area contributed by atoms with E-state index in [1.54, 1.807) is 26.4 Å². The number of carbonyl (C=O) groups excluding carboxylic acids is 2. The van der Waals surface area contributed by atoms with Crippen LogP contribution in [0.4, 0.5) is 5.69 Å². The molecule has 0 fully saturated rings. The van der Waals surface area contributed by atoms with Crippen molar-refractivity contribution in [1.29, 1.82) is 0 Å². The average Bonchev–Trinajstić information content (AvgIpc) is 2.93. The van der Waals surface area contributed by atoms with Crippen molar-refractivity contribution >= 4 is 39.8 Å². The number of benzene rings is 2. The van der Waals surface area contributed by atoms with Gasteiger partial charge in [0.1, 0.15) is 6.61 Å². The number of non-ortho nitro benzene ring substituents is 1. The summed E-state index contributed by atoms with van der Waals surface area (Å²) in [5, 5.41) is 11.0. The summed E-state index contributed by atoms with van der Waals surface area (Å²) < 4.78 is 18.3. The molecule has 1 aliphatic heterocycles. The molecular formula is C34H39IN2O7. The molecule has 0 unspecified atom stereocenters. The molecule has 0 atom stereocenters. The van der Waals surface area contributed by atoms with Gasteiger partial charge in [0.25, 0.3) is 5.69 Å². The number of hydrogen-bond donors (Lipinski definition) is 0. The van der Waals surface area contributed by atoms with Crippen LogP contribution in [0.5, 0.6) is 11.5 Å². The molecule has 44 heavy (non-hydrogen) atoms. The minimum Gasteiger partial charge on any atom is -0.493 e. The van der Waals surface area contributed by atoms with E-state index in [-0.39, 0.29) is 34.7 Å². The van der Waals surface area contributed by atoms with Gasteiger partial charge in [0.15, 0.2) is 23.1 Å². The first-order chi connectivity index (χ1) is 20.7. The maximum Gasteiger partial charge on any atom is 0.269 e. The van der Waals surface area contributed by atoms with Crippen LogP contribution in [0, 0.1) is 24.5 Å². The number of halogens is 1. The van der Waals surface area contributed by atoms with Crippen molar-refractivity contribution in [3.05, 3.63) is 83.7 Å². The molecule has 0 bridgehead atoms. The molecule has 2 aromatic carbocycles. The van der Waals surface area contributed by atoms with Crippen LogP contribution < -0.4 is 9.47 Å². The number of nitrogens with zero attached hydrogens (tertiary/aromatic N) is 2. The monoisotopic (exact) mass is 714 g/mol. The maximum atomic E-state index is 14.0. The zero-order valence-electron chi connectivity index (χ0n) is 26.1. The van der Waals surface area contributed by atoms with Crippen LogP contribution in [0.3, 0.4) is 0 Å². The second kappa shape index (κ2) is 12.3. The number of methoxy groups -OCH3 is 2. The Morgan fingerprint density at radius 2 is 1.50 bits per heavy atom. The van der Waals surface area contributed by atoms with Gasteiger partial charge >= 0.3 is 0 Å². The van der Waals surface area contributed by atoms with Crippen molar-refractivity contribution in [3.63, 3.8) is 0 Å². The number of hydrogen-bond acceptors (Lipinski definition) is 8. The maximum absolute atomic E-state index is 14.0. The zero-order valence-corrected chi connectivity index (χ0v) is 28.3. The van der Waals surface area contributed by atoms with Crippen LogP contribution in [-0.4, -0.2) is 48.8 Å². The molecule has 0 N–H and O–H groups in total. The summed E-state index contributed by atoms with van der Waals surface area (Å²) in [4.78, 5) is 40.9. The number of nitro benzene ring substituents is 1. The van der Waals surface area contributed by atoms with E-state index < -0.39 is 10.8 Å². The van der Waals surface area contributed by atoms with Gasteiger partial charge in [-0.15, -0.1) is 0 Å². The highest BCUT2D eigenvalue weighted by Gasteiger charge is 2.49. The van der Waals surface area contributed by atoms with E-state index in [1.165, 1.54) is 12.1 Å². The summed E-state index contributed by atoms with van der Waals surface area (Å²) >= 11 is 2.20. The predicted molar refractivity (Wildman–Crippen MR) is 175 cm³/mol. The SMILES string of the molecule is COCCN1C2=C(C(=O)CC(C)(C)C2)C(c2cc(I)c(OCc3ccc([N+](=O)[O-])cc3)c(OC)c2)C2=C1CC(C)(C)CC2=O. The summed E-state index contributed by atoms with van der Waals surface area (Å²) in [5.74, 6) is 0.660. The molecule has 1 heterocycles. The Kier molecular flexibility index (Phi) is 8.97. The Morgan fingerprint density at radius 1 is 0.932 bits per heavy atom. The fourth-order valence-corrected chi connectivity index (χ4v) is 7.53. The summed E-state index contributed by atoms with van der Waals surface area (Å²) in [6.45, 7) is 9.75. The largest absolute Gasteiger partial charge is 0.493 e. The topological polar surface area (TPSA) is 108 Å². The molecule has 10 heteroatoms. The van der Waals surface area contributed by atoms with Gasteiger partial charge in [-0.05, 0) is 81.7 Å². The van der Waals surface area contributed by atoms with E-state index in [1.807, 2.05) is 12.1 Å². The van der Waals surface area contributed by atoms with Crippen molar-refractivity contribution in [2.24, 2.45) is 10.8 Å². The normalized spacial score (nSPS) is 19.6. The Labute approximate surface area is 271 Å². The second-order valence-electron chi connectivity index (χ2n) is 13.4. The molecule has 0 amide bonds. The van der Waals surface area contributed by atoms with Gasteiger partial charge < -0.3 is 19.1 Å². The minimum atomic E-state index is -0.503. The van der Waals surface area contributed by atoms with Gasteiger partial charge in [0, 0.05) is 67.1 Å². The van der Waals surface area contributed by atoms with Crippen LogP contribution in [-0.2, 0) is 20.9 Å². The number of carbonyl (C=O) groups is 2. The molecule has 2 aromatic rings. The van der Waals surface area contributed by atoms with Gasteiger partial charge in [-0.1, -0.05) is 27.7 Å². The number of rotatable bonds is 9. The standard InChI is InChI=1S/C34H39IN2O7/c1-33(2)15-24-30(26(38)17-33)29(31-25(36(24)11-12-42-5)16-34(3,4)18-27(31)39)21-13-23(35)32(28(14-21)43-6)44-19-20-7-9-22(10-8-20)37(40)41/h7-10,13-14,29H,11-12,15-19H2,1-6H3. The Morgan fingerprint density at radius 3 is 2.00 bits per heavy atom. The van der Waals surface area contributed by atoms with Crippen molar-refractivity contribution < 1.29 is 28.7 Å². The molecular weight excluding hydrogens is 675 g/mol. The van der Waals surface area contributed by atoms with E-state index in [0.29, 0.717) is 48.6 Å². The zero-order chi connectivity index (χ0) is 32.0. The summed E-state index contributed by atoms with van der Waals surface area (Å²) in [5.41, 5.74) is 4.57.